The summed E-state index contributed by atoms with van der Waals surface area (Å²) in [5, 5.41) is 22.5. The number of hydrogen-bond acceptors (Lipinski definition) is 8. The molecule has 2 fully saturated rings. The van der Waals surface area contributed by atoms with E-state index in [0.29, 0.717) is 99.4 Å². The molecule has 5 heterocycles. The summed E-state index contributed by atoms with van der Waals surface area (Å²) in [6.07, 6.45) is 3.13. The monoisotopic (exact) mass is 735 g/mol. The maximum Gasteiger partial charge on any atom is 0.277 e. The van der Waals surface area contributed by atoms with Gasteiger partial charge in [-0.25, -0.2) is 9.50 Å². The van der Waals surface area contributed by atoms with Crippen LogP contribution < -0.4 is 20.9 Å². The molecule has 3 aromatic heterocycles. The molecule has 7 rings (SSSR count). The molecule has 0 bridgehead atoms. The number of aromatic nitrogens is 4. The number of likely N-dealkylation sites (tertiary alicyclic amines) is 1. The number of carbonyl (C=O) groups is 1. The predicted molar refractivity (Wildman–Crippen MR) is 195 cm³/mol. The first-order valence-electron chi connectivity index (χ1n) is 16.3. The summed E-state index contributed by atoms with van der Waals surface area (Å²) in [5.41, 5.74) is 4.27. The second kappa shape index (κ2) is 13.6. The van der Waals surface area contributed by atoms with Crippen molar-refractivity contribution in [1.82, 2.24) is 34.7 Å². The Morgan fingerprint density at radius 1 is 1.04 bits per heavy atom. The molecule has 0 radical (unpaired) electrons. The number of nitrogens with one attached hydrogen (secondary N) is 2. The first kappa shape index (κ1) is 34.5. The highest BCUT2D eigenvalue weighted by Crippen LogP contribution is 2.43. The Bertz CT molecular complexity index is 2190. The van der Waals surface area contributed by atoms with E-state index in [9.17, 15) is 14.7 Å². The number of pyridine rings is 1. The Kier molecular flexibility index (Phi) is 9.40. The first-order chi connectivity index (χ1) is 23.9. The lowest BCUT2D eigenvalue weighted by molar-refractivity contribution is -0.119. The van der Waals surface area contributed by atoms with Crippen molar-refractivity contribution in [1.29, 1.82) is 0 Å². The zero-order valence-electron chi connectivity index (χ0n) is 27.8. The van der Waals surface area contributed by atoms with Crippen molar-refractivity contribution < 1.29 is 14.6 Å². The van der Waals surface area contributed by atoms with Gasteiger partial charge in [-0.3, -0.25) is 19.1 Å². The van der Waals surface area contributed by atoms with E-state index in [0.717, 1.165) is 17.5 Å². The van der Waals surface area contributed by atoms with Crippen LogP contribution in [0.2, 0.25) is 15.1 Å². The molecule has 2 saturated heterocycles. The lowest BCUT2D eigenvalue weighted by Crippen LogP contribution is -2.59. The fraction of sp³-hybridized carbons (Fsp3) is 0.333. The summed E-state index contributed by atoms with van der Waals surface area (Å²) in [5.74, 6) is 1.03. The van der Waals surface area contributed by atoms with E-state index in [1.807, 2.05) is 41.3 Å². The second-order valence-electron chi connectivity index (χ2n) is 13.2. The molecule has 0 spiro atoms. The topological polar surface area (TPSA) is 126 Å². The molecular formula is C36H36Cl3N7O4. The number of halogens is 3. The molecule has 0 unspecified atom stereocenters. The number of ether oxygens (including phenoxy) is 1. The number of amides is 1. The molecular weight excluding hydrogens is 701 g/mol. The Morgan fingerprint density at radius 3 is 2.38 bits per heavy atom. The quantitative estimate of drug-likeness (QED) is 0.176. The van der Waals surface area contributed by atoms with Gasteiger partial charge in [-0.05, 0) is 25.5 Å². The maximum atomic E-state index is 13.3. The van der Waals surface area contributed by atoms with Gasteiger partial charge in [0.05, 0.1) is 40.0 Å². The third-order valence-corrected chi connectivity index (χ3v) is 10.5. The average molecular weight is 737 g/mol. The summed E-state index contributed by atoms with van der Waals surface area (Å²) in [6.45, 7) is 4.31. The van der Waals surface area contributed by atoms with Crippen molar-refractivity contribution in [3.63, 3.8) is 0 Å². The van der Waals surface area contributed by atoms with Crippen LogP contribution >= 0.6 is 34.8 Å². The third-order valence-electron chi connectivity index (χ3n) is 9.31. The molecule has 0 aliphatic carbocycles. The van der Waals surface area contributed by atoms with Crippen LogP contribution in [0, 0.1) is 0 Å². The summed E-state index contributed by atoms with van der Waals surface area (Å²) < 4.78 is 8.78. The molecule has 1 amide bonds. The fourth-order valence-corrected chi connectivity index (χ4v) is 7.69. The van der Waals surface area contributed by atoms with Gasteiger partial charge in [0.2, 0.25) is 11.8 Å². The molecule has 5 aromatic rings. The lowest BCUT2D eigenvalue weighted by atomic mass is 9.97. The van der Waals surface area contributed by atoms with E-state index in [2.05, 4.69) is 10.6 Å². The zero-order valence-corrected chi connectivity index (χ0v) is 30.0. The number of nitrogens with zero attached hydrogens (tertiary/aromatic N) is 5. The van der Waals surface area contributed by atoms with Gasteiger partial charge in [0.1, 0.15) is 11.3 Å². The van der Waals surface area contributed by atoms with Crippen molar-refractivity contribution in [3.8, 4) is 39.4 Å². The Hall–Kier alpha value is -3.97. The van der Waals surface area contributed by atoms with Gasteiger partial charge in [0, 0.05) is 85.3 Å². The number of benzene rings is 2. The van der Waals surface area contributed by atoms with E-state index in [1.54, 1.807) is 48.5 Å². The molecule has 2 aliphatic heterocycles. The van der Waals surface area contributed by atoms with Crippen LogP contribution in [-0.2, 0) is 24.9 Å². The Balaban J connectivity index is 1.18. The van der Waals surface area contributed by atoms with E-state index in [4.69, 9.17) is 49.6 Å². The van der Waals surface area contributed by atoms with Crippen molar-refractivity contribution in [3.05, 3.63) is 91.5 Å². The maximum absolute atomic E-state index is 13.3. The fourth-order valence-electron chi connectivity index (χ4n) is 6.78. The van der Waals surface area contributed by atoms with Gasteiger partial charge in [0.25, 0.3) is 5.56 Å². The van der Waals surface area contributed by atoms with Crippen LogP contribution in [0.5, 0.6) is 5.88 Å². The van der Waals surface area contributed by atoms with Gasteiger partial charge in [-0.2, -0.15) is 5.10 Å². The summed E-state index contributed by atoms with van der Waals surface area (Å²) in [4.78, 5) is 31.7. The molecule has 260 valence electrons. The van der Waals surface area contributed by atoms with Crippen molar-refractivity contribution >= 4 is 46.2 Å². The summed E-state index contributed by atoms with van der Waals surface area (Å²) >= 11 is 21.0. The standard InChI is InChI=1S/C36H36Cl3N7O4/c1-36(49)18-45(19-36)17-30-43-46-16-20(12-29(46)35(48)44(30)2)22-6-4-7-23(32(22)38)24-8-5-9-25(33(24)39)28-13-27(37)26(34(42-28)50-3)15-40-14-21-10-11-31(47)41-21/h4-9,12-13,16,21,40,49H,10-11,14-15,17-19H2,1-3H3,(H,41,47)/t21-/m0/s1. The molecule has 11 nitrogen and oxygen atoms in total. The minimum Gasteiger partial charge on any atom is -0.481 e. The molecule has 50 heavy (non-hydrogen) atoms. The largest absolute Gasteiger partial charge is 0.481 e. The second-order valence-corrected chi connectivity index (χ2v) is 14.4. The Labute approximate surface area is 303 Å². The smallest absolute Gasteiger partial charge is 0.277 e. The number of rotatable bonds is 10. The highest BCUT2D eigenvalue weighted by Gasteiger charge is 2.37. The highest BCUT2D eigenvalue weighted by atomic mass is 35.5. The van der Waals surface area contributed by atoms with Crippen molar-refractivity contribution in [2.75, 3.05) is 26.7 Å². The number of fused-ring (bicyclic) bond motifs is 1. The van der Waals surface area contributed by atoms with Crippen molar-refractivity contribution in [2.45, 2.75) is 44.5 Å². The molecule has 2 aromatic carbocycles. The molecule has 3 N–H and O–H groups in total. The van der Waals surface area contributed by atoms with E-state index >= 15 is 0 Å². The van der Waals surface area contributed by atoms with Crippen LogP contribution in [0.25, 0.3) is 39.0 Å². The molecule has 2 aliphatic rings. The van der Waals surface area contributed by atoms with Crippen LogP contribution in [-0.4, -0.2) is 73.5 Å². The number of aliphatic hydroxyl groups is 1. The number of carbonyl (C=O) groups excluding carboxylic acids is 1. The van der Waals surface area contributed by atoms with E-state index in [-0.39, 0.29) is 17.5 Å². The number of hydrogen-bond donors (Lipinski definition) is 3. The average Bonchev–Trinajstić information content (AvgIpc) is 3.69. The highest BCUT2D eigenvalue weighted by molar-refractivity contribution is 6.39. The Morgan fingerprint density at radius 2 is 1.72 bits per heavy atom. The van der Waals surface area contributed by atoms with Crippen molar-refractivity contribution in [2.24, 2.45) is 7.05 Å². The van der Waals surface area contributed by atoms with Gasteiger partial charge in [-0.1, -0.05) is 71.2 Å². The molecule has 14 heteroatoms. The minimum atomic E-state index is -0.718. The summed E-state index contributed by atoms with van der Waals surface area (Å²) in [7, 11) is 3.25. The first-order valence-corrected chi connectivity index (χ1v) is 17.4. The lowest BCUT2D eigenvalue weighted by Gasteiger charge is -2.44. The number of methoxy groups -OCH3 is 1. The van der Waals surface area contributed by atoms with Gasteiger partial charge in [0.15, 0.2) is 0 Å². The van der Waals surface area contributed by atoms with E-state index in [1.165, 1.54) is 0 Å². The van der Waals surface area contributed by atoms with Gasteiger partial charge < -0.3 is 20.5 Å². The molecule has 0 saturated carbocycles. The molecule has 1 atom stereocenters. The van der Waals surface area contributed by atoms with Crippen LogP contribution in [0.4, 0.5) is 0 Å². The van der Waals surface area contributed by atoms with Gasteiger partial charge >= 0.3 is 0 Å². The van der Waals surface area contributed by atoms with Gasteiger partial charge in [-0.15, -0.1) is 0 Å². The SMILES string of the molecule is COc1nc(-c2cccc(-c3cccc(-c4cc5c(=O)n(C)c(CN6CC(C)(O)C6)nn5c4)c3Cl)c2Cl)cc(Cl)c1CNC[C@@H]1CCC(=O)N1. The summed E-state index contributed by atoms with van der Waals surface area (Å²) in [6, 6.07) is 15.0. The zero-order chi connectivity index (χ0) is 35.3. The van der Waals surface area contributed by atoms with E-state index < -0.39 is 5.60 Å². The van der Waals surface area contributed by atoms with Crippen LogP contribution in [0.15, 0.2) is 59.5 Å². The third kappa shape index (κ3) is 6.61. The number of β-amino-alcohol motifs (C(OH)–C–C–N with tert-alkyl or cyclic N) is 1. The minimum absolute atomic E-state index is 0.0675. The normalized spacial score (nSPS) is 17.3. The van der Waals surface area contributed by atoms with Crippen LogP contribution in [0.1, 0.15) is 31.2 Å². The predicted octanol–water partition coefficient (Wildman–Crippen LogP) is 5.33. The van der Waals surface area contributed by atoms with Crippen LogP contribution in [0.3, 0.4) is 0 Å².